The molecule has 1 aromatic heterocycles. The third-order valence-corrected chi connectivity index (χ3v) is 2.78. The fourth-order valence-corrected chi connectivity index (χ4v) is 1.87. The van der Waals surface area contributed by atoms with Crippen LogP contribution in [0.5, 0.6) is 5.88 Å². The van der Waals surface area contributed by atoms with Gasteiger partial charge in [0.15, 0.2) is 0 Å². The van der Waals surface area contributed by atoms with E-state index in [-0.39, 0.29) is 5.56 Å². The zero-order chi connectivity index (χ0) is 14.5. The van der Waals surface area contributed by atoms with Crippen molar-refractivity contribution in [2.45, 2.75) is 27.0 Å². The van der Waals surface area contributed by atoms with Crippen LogP contribution < -0.4 is 4.74 Å². The molecule has 0 saturated carbocycles. The summed E-state index contributed by atoms with van der Waals surface area (Å²) in [6, 6.07) is 9.63. The molecule has 2 aromatic rings. The number of rotatable bonds is 6. The summed E-state index contributed by atoms with van der Waals surface area (Å²) in [5.41, 5.74) is 1.09. The Morgan fingerprint density at radius 3 is 2.65 bits per heavy atom. The van der Waals surface area contributed by atoms with E-state index >= 15 is 0 Å². The minimum atomic E-state index is -1.02. The largest absolute Gasteiger partial charge is 0.477 e. The van der Waals surface area contributed by atoms with Gasteiger partial charge in [-0.25, -0.2) is 9.48 Å². The zero-order valence-corrected chi connectivity index (χ0v) is 11.6. The van der Waals surface area contributed by atoms with Crippen LogP contribution in [0.25, 0.3) is 0 Å². The van der Waals surface area contributed by atoms with Crippen molar-refractivity contribution >= 4 is 5.97 Å². The molecule has 106 valence electrons. The highest BCUT2D eigenvalue weighted by Gasteiger charge is 2.18. The third kappa shape index (κ3) is 3.38. The summed E-state index contributed by atoms with van der Waals surface area (Å²) in [5.74, 6) is -0.353. The number of nitrogens with zero attached hydrogens (tertiary/aromatic N) is 2. The van der Waals surface area contributed by atoms with Gasteiger partial charge in [-0.05, 0) is 11.5 Å². The Balaban J connectivity index is 2.19. The van der Waals surface area contributed by atoms with E-state index in [0.717, 1.165) is 5.56 Å². The van der Waals surface area contributed by atoms with E-state index in [4.69, 9.17) is 4.74 Å². The maximum Gasteiger partial charge on any atom is 0.342 e. The van der Waals surface area contributed by atoms with Gasteiger partial charge in [-0.15, -0.1) is 0 Å². The molecule has 20 heavy (non-hydrogen) atoms. The van der Waals surface area contributed by atoms with Gasteiger partial charge in [-0.2, -0.15) is 5.10 Å². The first kappa shape index (κ1) is 14.1. The molecule has 0 saturated heterocycles. The van der Waals surface area contributed by atoms with Gasteiger partial charge in [0.1, 0.15) is 12.2 Å². The van der Waals surface area contributed by atoms with Crippen LogP contribution >= 0.6 is 0 Å². The van der Waals surface area contributed by atoms with Crippen LogP contribution in [-0.4, -0.2) is 20.9 Å². The minimum Gasteiger partial charge on any atom is -0.477 e. The first-order chi connectivity index (χ1) is 9.58. The van der Waals surface area contributed by atoms with Crippen LogP contribution in [0.4, 0.5) is 0 Å². The summed E-state index contributed by atoms with van der Waals surface area (Å²) >= 11 is 0. The molecule has 5 nitrogen and oxygen atoms in total. The van der Waals surface area contributed by atoms with Crippen LogP contribution in [0.1, 0.15) is 29.8 Å². The Morgan fingerprint density at radius 1 is 1.35 bits per heavy atom. The predicted octanol–water partition coefficient (Wildman–Crippen LogP) is 2.82. The van der Waals surface area contributed by atoms with Crippen LogP contribution in [0.3, 0.4) is 0 Å². The van der Waals surface area contributed by atoms with Crippen LogP contribution in [0, 0.1) is 5.92 Å². The number of ether oxygens (including phenoxy) is 1. The maximum atomic E-state index is 11.2. The Labute approximate surface area is 117 Å². The highest BCUT2D eigenvalue weighted by Crippen LogP contribution is 2.21. The first-order valence-electron chi connectivity index (χ1n) is 6.53. The molecule has 1 aromatic carbocycles. The molecule has 0 aliphatic heterocycles. The second kappa shape index (κ2) is 6.23. The summed E-state index contributed by atoms with van der Waals surface area (Å²) in [4.78, 5) is 11.2. The summed E-state index contributed by atoms with van der Waals surface area (Å²) in [6.45, 7) is 5.04. The molecule has 2 rings (SSSR count). The monoisotopic (exact) mass is 274 g/mol. The van der Waals surface area contributed by atoms with Gasteiger partial charge in [0, 0.05) is 6.54 Å². The quantitative estimate of drug-likeness (QED) is 0.879. The number of benzene rings is 1. The van der Waals surface area contributed by atoms with Gasteiger partial charge < -0.3 is 9.84 Å². The second-order valence-corrected chi connectivity index (χ2v) is 5.02. The number of aromatic carboxylic acids is 1. The third-order valence-electron chi connectivity index (χ3n) is 2.78. The second-order valence-electron chi connectivity index (χ2n) is 5.02. The summed E-state index contributed by atoms with van der Waals surface area (Å²) in [7, 11) is 0. The predicted molar refractivity (Wildman–Crippen MR) is 74.8 cm³/mol. The number of carboxylic acids is 1. The van der Waals surface area contributed by atoms with Crippen molar-refractivity contribution in [2.24, 2.45) is 5.92 Å². The number of hydrogen-bond acceptors (Lipinski definition) is 3. The number of aromatic nitrogens is 2. The highest BCUT2D eigenvalue weighted by molar-refractivity contribution is 5.89. The van der Waals surface area contributed by atoms with E-state index in [1.165, 1.54) is 6.20 Å². The average molecular weight is 274 g/mol. The van der Waals surface area contributed by atoms with Crippen LogP contribution in [-0.2, 0) is 13.2 Å². The smallest absolute Gasteiger partial charge is 0.342 e. The van der Waals surface area contributed by atoms with Gasteiger partial charge in [-0.1, -0.05) is 44.2 Å². The Hall–Kier alpha value is -2.30. The molecular formula is C15H18N2O3. The van der Waals surface area contributed by atoms with Crippen molar-refractivity contribution in [1.82, 2.24) is 9.78 Å². The molecule has 0 unspecified atom stereocenters. The molecule has 0 fully saturated rings. The lowest BCUT2D eigenvalue weighted by atomic mass is 10.2. The molecule has 0 atom stereocenters. The number of carbonyl (C=O) groups is 1. The molecule has 0 amide bonds. The molecule has 1 heterocycles. The summed E-state index contributed by atoms with van der Waals surface area (Å²) in [6.07, 6.45) is 1.34. The average Bonchev–Trinajstić information content (AvgIpc) is 2.80. The van der Waals surface area contributed by atoms with E-state index < -0.39 is 5.97 Å². The molecule has 0 bridgehead atoms. The zero-order valence-electron chi connectivity index (χ0n) is 11.6. The molecule has 5 heteroatoms. The molecule has 0 spiro atoms. The summed E-state index contributed by atoms with van der Waals surface area (Å²) in [5, 5.41) is 13.3. The SMILES string of the molecule is CC(C)Cn1ncc(C(=O)O)c1OCc1ccccc1. The molecule has 0 aliphatic rings. The lowest BCUT2D eigenvalue weighted by Gasteiger charge is -2.12. The normalized spacial score (nSPS) is 10.8. The van der Waals surface area contributed by atoms with E-state index in [0.29, 0.717) is 24.9 Å². The van der Waals surface area contributed by atoms with Gasteiger partial charge in [0.25, 0.3) is 0 Å². The number of hydrogen-bond donors (Lipinski definition) is 1. The lowest BCUT2D eigenvalue weighted by molar-refractivity contribution is 0.0690. The van der Waals surface area contributed by atoms with E-state index in [2.05, 4.69) is 5.10 Å². The fraction of sp³-hybridized carbons (Fsp3) is 0.333. The highest BCUT2D eigenvalue weighted by atomic mass is 16.5. The molecular weight excluding hydrogens is 256 g/mol. The van der Waals surface area contributed by atoms with Gasteiger partial charge in [0.2, 0.25) is 5.88 Å². The van der Waals surface area contributed by atoms with Crippen molar-refractivity contribution in [3.05, 3.63) is 47.7 Å². The molecule has 0 radical (unpaired) electrons. The van der Waals surface area contributed by atoms with Crippen molar-refractivity contribution in [3.63, 3.8) is 0 Å². The van der Waals surface area contributed by atoms with E-state index in [1.54, 1.807) is 4.68 Å². The Morgan fingerprint density at radius 2 is 2.05 bits per heavy atom. The lowest BCUT2D eigenvalue weighted by Crippen LogP contribution is -2.11. The summed E-state index contributed by atoms with van der Waals surface area (Å²) < 4.78 is 7.28. The fourth-order valence-electron chi connectivity index (χ4n) is 1.87. The first-order valence-corrected chi connectivity index (χ1v) is 6.53. The number of carboxylic acid groups (broad SMARTS) is 1. The minimum absolute atomic E-state index is 0.0987. The molecule has 0 aliphatic carbocycles. The van der Waals surface area contributed by atoms with Gasteiger partial charge in [0.05, 0.1) is 6.20 Å². The Kier molecular flexibility index (Phi) is 4.40. The van der Waals surface area contributed by atoms with Crippen molar-refractivity contribution < 1.29 is 14.6 Å². The van der Waals surface area contributed by atoms with Crippen molar-refractivity contribution in [2.75, 3.05) is 0 Å². The van der Waals surface area contributed by atoms with Crippen LogP contribution in [0.15, 0.2) is 36.5 Å². The van der Waals surface area contributed by atoms with E-state index in [9.17, 15) is 9.90 Å². The van der Waals surface area contributed by atoms with Gasteiger partial charge >= 0.3 is 5.97 Å². The molecule has 1 N–H and O–H groups in total. The Bertz CT molecular complexity index is 576. The van der Waals surface area contributed by atoms with E-state index in [1.807, 2.05) is 44.2 Å². The van der Waals surface area contributed by atoms with Crippen molar-refractivity contribution in [1.29, 1.82) is 0 Å². The topological polar surface area (TPSA) is 64.4 Å². The standard InChI is InChI=1S/C15H18N2O3/c1-11(2)9-17-14(13(8-16-17)15(18)19)20-10-12-6-4-3-5-7-12/h3-8,11H,9-10H2,1-2H3,(H,18,19). The maximum absolute atomic E-state index is 11.2. The van der Waals surface area contributed by atoms with Crippen molar-refractivity contribution in [3.8, 4) is 5.88 Å². The van der Waals surface area contributed by atoms with Gasteiger partial charge in [-0.3, -0.25) is 0 Å². The van der Waals surface area contributed by atoms with Crippen LogP contribution in [0.2, 0.25) is 0 Å².